The van der Waals surface area contributed by atoms with Crippen molar-refractivity contribution < 1.29 is 0 Å². The first kappa shape index (κ1) is 12.3. The van der Waals surface area contributed by atoms with Crippen molar-refractivity contribution in [1.82, 2.24) is 15.6 Å². The number of guanidine groups is 1. The van der Waals surface area contributed by atoms with Crippen LogP contribution in [-0.2, 0) is 6.54 Å². The average Bonchev–Trinajstić information content (AvgIpc) is 2.31. The van der Waals surface area contributed by atoms with Crippen molar-refractivity contribution in [3.63, 3.8) is 0 Å². The van der Waals surface area contributed by atoms with Crippen LogP contribution in [0.1, 0.15) is 5.56 Å². The third kappa shape index (κ3) is 3.42. The lowest BCUT2D eigenvalue weighted by Gasteiger charge is -2.13. The molecule has 0 aliphatic rings. The van der Waals surface area contributed by atoms with Crippen LogP contribution in [-0.4, -0.2) is 39.1 Å². The molecule has 5 nitrogen and oxygen atoms in total. The summed E-state index contributed by atoms with van der Waals surface area (Å²) in [4.78, 5) is 10.3. The number of pyridine rings is 1. The number of hydrogen-bond acceptors (Lipinski definition) is 3. The number of nitrogens with one attached hydrogen (secondary N) is 2. The highest BCUT2D eigenvalue weighted by molar-refractivity contribution is 5.79. The van der Waals surface area contributed by atoms with Gasteiger partial charge < -0.3 is 15.5 Å². The third-order valence-electron chi connectivity index (χ3n) is 2.19. The normalized spacial score (nSPS) is 11.1. The van der Waals surface area contributed by atoms with Crippen LogP contribution >= 0.6 is 0 Å². The molecule has 0 saturated heterocycles. The molecule has 2 N–H and O–H groups in total. The molecule has 1 rings (SSSR count). The molecule has 0 spiro atoms. The minimum absolute atomic E-state index is 0.733. The summed E-state index contributed by atoms with van der Waals surface area (Å²) >= 11 is 0. The van der Waals surface area contributed by atoms with Gasteiger partial charge in [-0.2, -0.15) is 0 Å². The first-order valence-electron chi connectivity index (χ1n) is 5.18. The summed E-state index contributed by atoms with van der Waals surface area (Å²) in [7, 11) is 7.54. The van der Waals surface area contributed by atoms with E-state index in [1.807, 2.05) is 38.3 Å². The van der Waals surface area contributed by atoms with Crippen molar-refractivity contribution in [3.8, 4) is 0 Å². The van der Waals surface area contributed by atoms with Crippen molar-refractivity contribution in [2.75, 3.05) is 33.1 Å². The summed E-state index contributed by atoms with van der Waals surface area (Å²) < 4.78 is 0. The van der Waals surface area contributed by atoms with E-state index in [1.54, 1.807) is 7.05 Å². The fourth-order valence-electron chi connectivity index (χ4n) is 1.28. The van der Waals surface area contributed by atoms with E-state index < -0.39 is 0 Å². The van der Waals surface area contributed by atoms with E-state index in [4.69, 9.17) is 0 Å². The van der Waals surface area contributed by atoms with Gasteiger partial charge in [-0.25, -0.2) is 4.98 Å². The van der Waals surface area contributed by atoms with E-state index in [0.717, 1.165) is 18.3 Å². The maximum atomic E-state index is 4.26. The first-order valence-corrected chi connectivity index (χ1v) is 5.18. The maximum absolute atomic E-state index is 4.26. The predicted molar refractivity (Wildman–Crippen MR) is 67.8 cm³/mol. The van der Waals surface area contributed by atoms with Crippen molar-refractivity contribution >= 4 is 11.8 Å². The van der Waals surface area contributed by atoms with Crippen molar-refractivity contribution in [1.29, 1.82) is 0 Å². The van der Waals surface area contributed by atoms with Gasteiger partial charge in [-0.3, -0.25) is 4.99 Å². The van der Waals surface area contributed by atoms with Gasteiger partial charge >= 0.3 is 0 Å². The molecule has 1 heterocycles. The quantitative estimate of drug-likeness (QED) is 0.574. The first-order chi connectivity index (χ1) is 7.67. The highest BCUT2D eigenvalue weighted by Gasteiger charge is 1.99. The van der Waals surface area contributed by atoms with Gasteiger partial charge in [-0.05, 0) is 17.7 Å². The Bertz CT molecular complexity index is 359. The topological polar surface area (TPSA) is 52.6 Å². The van der Waals surface area contributed by atoms with Crippen LogP contribution in [0, 0.1) is 0 Å². The zero-order valence-electron chi connectivity index (χ0n) is 10.3. The Hall–Kier alpha value is -1.78. The highest BCUT2D eigenvalue weighted by Crippen LogP contribution is 2.08. The summed E-state index contributed by atoms with van der Waals surface area (Å²) in [6.07, 6.45) is 1.81. The highest BCUT2D eigenvalue weighted by atomic mass is 15.2. The second-order valence-corrected chi connectivity index (χ2v) is 3.59. The maximum Gasteiger partial charge on any atom is 0.190 e. The zero-order chi connectivity index (χ0) is 12.0. The van der Waals surface area contributed by atoms with E-state index >= 15 is 0 Å². The Morgan fingerprint density at radius 1 is 1.50 bits per heavy atom. The van der Waals surface area contributed by atoms with Gasteiger partial charge in [-0.1, -0.05) is 0 Å². The van der Waals surface area contributed by atoms with Gasteiger partial charge in [0.25, 0.3) is 0 Å². The second kappa shape index (κ2) is 5.95. The van der Waals surface area contributed by atoms with Crippen LogP contribution in [0.5, 0.6) is 0 Å². The molecular formula is C11H19N5. The molecule has 0 radical (unpaired) electrons. The van der Waals surface area contributed by atoms with Crippen LogP contribution in [0.3, 0.4) is 0 Å². The lowest BCUT2D eigenvalue weighted by Crippen LogP contribution is -2.34. The van der Waals surface area contributed by atoms with Crippen molar-refractivity contribution in [2.45, 2.75) is 6.54 Å². The van der Waals surface area contributed by atoms with Crippen molar-refractivity contribution in [3.05, 3.63) is 23.9 Å². The molecule has 0 aliphatic heterocycles. The molecule has 0 atom stereocenters. The van der Waals surface area contributed by atoms with E-state index in [9.17, 15) is 0 Å². The van der Waals surface area contributed by atoms with Gasteiger partial charge in [-0.15, -0.1) is 0 Å². The Kier molecular flexibility index (Phi) is 4.57. The molecule has 0 aliphatic carbocycles. The Morgan fingerprint density at radius 2 is 2.25 bits per heavy atom. The molecule has 0 fully saturated rings. The van der Waals surface area contributed by atoms with Gasteiger partial charge in [0.15, 0.2) is 5.96 Å². The van der Waals surface area contributed by atoms with Crippen molar-refractivity contribution in [2.24, 2.45) is 4.99 Å². The largest absolute Gasteiger partial charge is 0.363 e. The molecular weight excluding hydrogens is 202 g/mol. The van der Waals surface area contributed by atoms with Crippen LogP contribution < -0.4 is 15.5 Å². The van der Waals surface area contributed by atoms with E-state index in [2.05, 4.69) is 26.7 Å². The number of nitrogens with zero attached hydrogens (tertiary/aromatic N) is 3. The molecule has 88 valence electrons. The van der Waals surface area contributed by atoms with E-state index in [1.165, 1.54) is 5.56 Å². The Morgan fingerprint density at radius 3 is 2.81 bits per heavy atom. The Labute approximate surface area is 96.6 Å². The fraction of sp³-hybridized carbons (Fsp3) is 0.455. The molecule has 1 aromatic heterocycles. The second-order valence-electron chi connectivity index (χ2n) is 3.59. The minimum atomic E-state index is 0.733. The van der Waals surface area contributed by atoms with E-state index in [0.29, 0.717) is 0 Å². The van der Waals surface area contributed by atoms with Crippen LogP contribution in [0.25, 0.3) is 0 Å². The van der Waals surface area contributed by atoms with Gasteiger partial charge in [0.1, 0.15) is 5.82 Å². The average molecular weight is 221 g/mol. The predicted octanol–water partition coefficient (Wildman–Crippen LogP) is 0.442. The number of rotatable bonds is 3. The smallest absolute Gasteiger partial charge is 0.190 e. The van der Waals surface area contributed by atoms with Gasteiger partial charge in [0.05, 0.1) is 0 Å². The molecule has 5 heteroatoms. The zero-order valence-corrected chi connectivity index (χ0v) is 10.3. The number of anilines is 1. The van der Waals surface area contributed by atoms with Gasteiger partial charge in [0.2, 0.25) is 0 Å². The SMILES string of the molecule is CN=C(NC)NCc1ccnc(N(C)C)c1. The molecule has 1 aromatic rings. The monoisotopic (exact) mass is 221 g/mol. The molecule has 0 bridgehead atoms. The third-order valence-corrected chi connectivity index (χ3v) is 2.19. The standard InChI is InChI=1S/C11H19N5/c1-12-11(13-2)15-8-9-5-6-14-10(7-9)16(3)4/h5-7H,8H2,1-4H3,(H2,12,13,15). The summed E-state index contributed by atoms with van der Waals surface area (Å²) in [6, 6.07) is 4.04. The molecule has 0 aromatic carbocycles. The molecule has 0 amide bonds. The molecule has 16 heavy (non-hydrogen) atoms. The summed E-state index contributed by atoms with van der Waals surface area (Å²) in [5.41, 5.74) is 1.18. The van der Waals surface area contributed by atoms with Gasteiger partial charge in [0, 0.05) is 40.9 Å². The molecule has 0 saturated carbocycles. The fourth-order valence-corrected chi connectivity index (χ4v) is 1.28. The lowest BCUT2D eigenvalue weighted by molar-refractivity contribution is 0.862. The number of hydrogen-bond donors (Lipinski definition) is 2. The molecule has 0 unspecified atom stereocenters. The summed E-state index contributed by atoms with van der Waals surface area (Å²) in [5, 5.41) is 6.17. The minimum Gasteiger partial charge on any atom is -0.363 e. The lowest BCUT2D eigenvalue weighted by atomic mass is 10.2. The van der Waals surface area contributed by atoms with E-state index in [-0.39, 0.29) is 0 Å². The number of aliphatic imine (C=N–C) groups is 1. The van der Waals surface area contributed by atoms with Crippen LogP contribution in [0.2, 0.25) is 0 Å². The Balaban J connectivity index is 2.64. The summed E-state index contributed by atoms with van der Waals surface area (Å²) in [6.45, 7) is 0.733. The van der Waals surface area contributed by atoms with Crippen LogP contribution in [0.15, 0.2) is 23.3 Å². The summed E-state index contributed by atoms with van der Waals surface area (Å²) in [5.74, 6) is 1.74. The number of aromatic nitrogens is 1. The van der Waals surface area contributed by atoms with Crippen LogP contribution in [0.4, 0.5) is 5.82 Å².